The van der Waals surface area contributed by atoms with Gasteiger partial charge in [0, 0.05) is 25.7 Å². The first-order chi connectivity index (χ1) is 14.4. The highest BCUT2D eigenvalue weighted by Gasteiger charge is 2.32. The van der Waals surface area contributed by atoms with Gasteiger partial charge in [0.05, 0.1) is 28.0 Å². The van der Waals surface area contributed by atoms with Crippen molar-refractivity contribution in [2.45, 2.75) is 25.9 Å². The number of benzene rings is 1. The fourth-order valence-electron chi connectivity index (χ4n) is 3.46. The van der Waals surface area contributed by atoms with Crippen molar-refractivity contribution in [2.24, 2.45) is 5.10 Å². The number of carbonyl (C=O) groups is 2. The van der Waals surface area contributed by atoms with E-state index in [1.807, 2.05) is 43.2 Å². The van der Waals surface area contributed by atoms with E-state index < -0.39 is 0 Å². The number of anilines is 2. The van der Waals surface area contributed by atoms with E-state index in [4.69, 9.17) is 16.3 Å². The molecule has 0 radical (unpaired) electrons. The molecule has 0 aliphatic carbocycles. The zero-order valence-electron chi connectivity index (χ0n) is 16.9. The van der Waals surface area contributed by atoms with Crippen LogP contribution in [0.25, 0.3) is 0 Å². The normalized spacial score (nSPS) is 19.2. The lowest BCUT2D eigenvalue weighted by atomic mass is 10.1. The van der Waals surface area contributed by atoms with Crippen LogP contribution in [0.4, 0.5) is 16.2 Å². The second kappa shape index (κ2) is 8.65. The topological polar surface area (TPSA) is 65.5 Å². The number of rotatable bonds is 6. The summed E-state index contributed by atoms with van der Waals surface area (Å²) in [4.78, 5) is 29.0. The summed E-state index contributed by atoms with van der Waals surface area (Å²) in [5, 5.41) is 6.55. The van der Waals surface area contributed by atoms with Crippen LogP contribution in [0.1, 0.15) is 29.4 Å². The molecule has 2 aromatic rings. The number of hydrogen-bond donors (Lipinski definition) is 0. The lowest BCUT2D eigenvalue weighted by Gasteiger charge is -2.31. The average Bonchev–Trinajstić information content (AvgIpc) is 3.34. The summed E-state index contributed by atoms with van der Waals surface area (Å²) in [5.74, 6) is 0.990. The quantitative estimate of drug-likeness (QED) is 0.612. The molecule has 0 unspecified atom stereocenters. The van der Waals surface area contributed by atoms with Crippen LogP contribution in [0.3, 0.4) is 0 Å². The van der Waals surface area contributed by atoms with Crippen LogP contribution >= 0.6 is 22.9 Å². The molecule has 1 aromatic heterocycles. The number of hydrogen-bond acceptors (Lipinski definition) is 7. The molecule has 0 N–H and O–H groups in total. The Balaban J connectivity index is 1.35. The standard InChI is InChI=1S/C21H23ClN4O3S/c1-14-23-26(12-11-24(14)2)16-5-3-15(4-6-16)25-13-17(29-21(25)28)7-8-18(27)19-9-10-20(22)30-19/h3-6,9-10,17H,7-8,11-13H2,1-2H3/t17-/m0/s1. The number of Topliss-reactive ketones (excluding diaryl/α,β-unsaturated/α-hetero) is 1. The maximum absolute atomic E-state index is 12.3. The molecule has 30 heavy (non-hydrogen) atoms. The summed E-state index contributed by atoms with van der Waals surface area (Å²) in [6.07, 6.45) is 0.126. The second-order valence-corrected chi connectivity index (χ2v) is 9.11. The molecule has 0 saturated carbocycles. The Morgan fingerprint density at radius 2 is 1.93 bits per heavy atom. The van der Waals surface area contributed by atoms with Gasteiger partial charge in [-0.25, -0.2) is 4.79 Å². The molecule has 1 atom stereocenters. The number of halogens is 1. The van der Waals surface area contributed by atoms with Gasteiger partial charge < -0.3 is 9.64 Å². The zero-order valence-corrected chi connectivity index (χ0v) is 18.4. The molecule has 2 aliphatic rings. The Hall–Kier alpha value is -2.58. The average molecular weight is 447 g/mol. The Morgan fingerprint density at radius 1 is 1.20 bits per heavy atom. The summed E-state index contributed by atoms with van der Waals surface area (Å²) >= 11 is 7.16. The molecule has 1 aromatic carbocycles. The second-order valence-electron chi connectivity index (χ2n) is 7.39. The van der Waals surface area contributed by atoms with E-state index in [0.717, 1.165) is 30.3 Å². The molecule has 0 bridgehead atoms. The third-order valence-corrected chi connectivity index (χ3v) is 6.61. The predicted molar refractivity (Wildman–Crippen MR) is 120 cm³/mol. The number of amides is 1. The van der Waals surface area contributed by atoms with Gasteiger partial charge in [0.2, 0.25) is 0 Å². The van der Waals surface area contributed by atoms with Gasteiger partial charge in [-0.15, -0.1) is 11.3 Å². The number of hydrazone groups is 1. The highest BCUT2D eigenvalue weighted by molar-refractivity contribution is 7.18. The Morgan fingerprint density at radius 3 is 2.60 bits per heavy atom. The Labute approximate surface area is 184 Å². The van der Waals surface area contributed by atoms with Gasteiger partial charge in [0.25, 0.3) is 0 Å². The van der Waals surface area contributed by atoms with E-state index >= 15 is 0 Å². The molecule has 7 nitrogen and oxygen atoms in total. The fraction of sp³-hybridized carbons (Fsp3) is 0.381. The van der Waals surface area contributed by atoms with E-state index in [1.165, 1.54) is 11.3 Å². The van der Waals surface area contributed by atoms with E-state index in [2.05, 4.69) is 10.0 Å². The van der Waals surface area contributed by atoms with Gasteiger partial charge >= 0.3 is 6.09 Å². The molecule has 3 heterocycles. The van der Waals surface area contributed by atoms with Crippen molar-refractivity contribution in [3.63, 3.8) is 0 Å². The van der Waals surface area contributed by atoms with Gasteiger partial charge in [-0.2, -0.15) is 5.10 Å². The molecule has 4 rings (SSSR count). The molecular formula is C21H23ClN4O3S. The summed E-state index contributed by atoms with van der Waals surface area (Å²) in [7, 11) is 2.03. The fourth-order valence-corrected chi connectivity index (χ4v) is 4.47. The minimum Gasteiger partial charge on any atom is -0.444 e. The van der Waals surface area contributed by atoms with E-state index in [1.54, 1.807) is 17.0 Å². The minimum absolute atomic E-state index is 0.0220. The van der Waals surface area contributed by atoms with Gasteiger partial charge in [0.1, 0.15) is 11.9 Å². The number of ether oxygens (including phenoxy) is 1. The van der Waals surface area contributed by atoms with Crippen LogP contribution < -0.4 is 9.91 Å². The monoisotopic (exact) mass is 446 g/mol. The molecule has 1 amide bonds. The summed E-state index contributed by atoms with van der Waals surface area (Å²) < 4.78 is 6.06. The van der Waals surface area contributed by atoms with E-state index in [-0.39, 0.29) is 18.0 Å². The summed E-state index contributed by atoms with van der Waals surface area (Å²) in [5.41, 5.74) is 1.76. The number of nitrogens with zero attached hydrogens (tertiary/aromatic N) is 4. The first kappa shape index (κ1) is 20.7. The summed E-state index contributed by atoms with van der Waals surface area (Å²) in [6.45, 7) is 4.14. The van der Waals surface area contributed by atoms with Gasteiger partial charge in [-0.1, -0.05) is 11.6 Å². The van der Waals surface area contributed by atoms with Crippen molar-refractivity contribution in [1.29, 1.82) is 0 Å². The van der Waals surface area contributed by atoms with Crippen molar-refractivity contribution in [3.8, 4) is 0 Å². The predicted octanol–water partition coefficient (Wildman–Crippen LogP) is 4.48. The molecule has 2 aliphatic heterocycles. The molecule has 158 valence electrons. The number of cyclic esters (lactones) is 1. The zero-order chi connectivity index (χ0) is 21.3. The lowest BCUT2D eigenvalue weighted by molar-refractivity contribution is 0.0943. The van der Waals surface area contributed by atoms with Crippen LogP contribution in [0, 0.1) is 0 Å². The number of thiophene rings is 1. The van der Waals surface area contributed by atoms with Crippen molar-refractivity contribution in [2.75, 3.05) is 36.6 Å². The van der Waals surface area contributed by atoms with Crippen molar-refractivity contribution < 1.29 is 14.3 Å². The van der Waals surface area contributed by atoms with Crippen molar-refractivity contribution >= 4 is 52.0 Å². The first-order valence-corrected chi connectivity index (χ1v) is 11.0. The van der Waals surface area contributed by atoms with Crippen LogP contribution in [0.15, 0.2) is 41.5 Å². The largest absolute Gasteiger partial charge is 0.444 e. The molecular weight excluding hydrogens is 424 g/mol. The third kappa shape index (κ3) is 4.44. The Bertz CT molecular complexity index is 975. The minimum atomic E-state index is -0.382. The van der Waals surface area contributed by atoms with E-state index in [0.29, 0.717) is 28.6 Å². The number of ketones is 1. The smallest absolute Gasteiger partial charge is 0.414 e. The molecule has 1 saturated heterocycles. The maximum atomic E-state index is 12.3. The number of carbonyl (C=O) groups excluding carboxylic acids is 2. The van der Waals surface area contributed by atoms with Gasteiger partial charge in [-0.05, 0) is 49.7 Å². The SMILES string of the molecule is CC1=NN(c2ccc(N3C[C@H](CCC(=O)c4ccc(Cl)s4)OC3=O)cc2)CCN1C. The molecule has 9 heteroatoms. The summed E-state index contributed by atoms with van der Waals surface area (Å²) in [6, 6.07) is 11.2. The van der Waals surface area contributed by atoms with Crippen LogP contribution in [0.2, 0.25) is 4.34 Å². The van der Waals surface area contributed by atoms with Crippen LogP contribution in [0.5, 0.6) is 0 Å². The van der Waals surface area contributed by atoms with Gasteiger partial charge in [-0.3, -0.25) is 14.7 Å². The molecule has 0 spiro atoms. The molecule has 1 fully saturated rings. The lowest BCUT2D eigenvalue weighted by Crippen LogP contribution is -2.40. The van der Waals surface area contributed by atoms with Gasteiger partial charge in [0.15, 0.2) is 5.78 Å². The van der Waals surface area contributed by atoms with Crippen LogP contribution in [-0.4, -0.2) is 55.4 Å². The van der Waals surface area contributed by atoms with Crippen molar-refractivity contribution in [1.82, 2.24) is 4.90 Å². The maximum Gasteiger partial charge on any atom is 0.414 e. The number of amidine groups is 1. The first-order valence-electron chi connectivity index (χ1n) is 9.81. The van der Waals surface area contributed by atoms with Crippen molar-refractivity contribution in [3.05, 3.63) is 45.6 Å². The highest BCUT2D eigenvalue weighted by Crippen LogP contribution is 2.28. The Kier molecular flexibility index (Phi) is 5.97. The number of likely N-dealkylation sites (N-methyl/N-ethyl adjacent to an activating group) is 1. The van der Waals surface area contributed by atoms with E-state index in [9.17, 15) is 9.59 Å². The van der Waals surface area contributed by atoms with Crippen LogP contribution in [-0.2, 0) is 4.74 Å². The highest BCUT2D eigenvalue weighted by atomic mass is 35.5. The third-order valence-electron chi connectivity index (χ3n) is 5.34.